The van der Waals surface area contributed by atoms with E-state index in [4.69, 9.17) is 23.7 Å². The van der Waals surface area contributed by atoms with Crippen molar-refractivity contribution in [3.63, 3.8) is 0 Å². The van der Waals surface area contributed by atoms with E-state index in [0.29, 0.717) is 38.9 Å². The Balaban J connectivity index is 1.10. The van der Waals surface area contributed by atoms with Gasteiger partial charge in [0.2, 0.25) is 11.7 Å². The van der Waals surface area contributed by atoms with Gasteiger partial charge in [-0.1, -0.05) is 37.3 Å². The Kier molecular flexibility index (Phi) is 8.18. The summed E-state index contributed by atoms with van der Waals surface area (Å²) in [6.45, 7) is 2.17. The fraction of sp³-hybridized carbons (Fsp3) is 0.667. The average molecular weight is 590 g/mol. The molecule has 5 fully saturated rings. The molecule has 1 aromatic carbocycles. The maximum Gasteiger partial charge on any atom is 0.331 e. The molecule has 2 spiro atoms. The van der Waals surface area contributed by atoms with Gasteiger partial charge in [-0.3, -0.25) is 4.79 Å². The second kappa shape index (κ2) is 11.6. The number of carbonyl (C=O) groups is 2. The number of aliphatic hydroxyl groups is 4. The summed E-state index contributed by atoms with van der Waals surface area (Å²) in [5.74, 6) is -2.45. The summed E-state index contributed by atoms with van der Waals surface area (Å²) in [6.07, 6.45) is -2.83. The first-order valence-electron chi connectivity index (χ1n) is 14.7. The summed E-state index contributed by atoms with van der Waals surface area (Å²) in [6, 6.07) is 9.49. The summed E-state index contributed by atoms with van der Waals surface area (Å²) in [5.41, 5.74) is 0.228. The first-order valence-corrected chi connectivity index (χ1v) is 14.7. The monoisotopic (exact) mass is 589 g/mol. The van der Waals surface area contributed by atoms with Crippen LogP contribution in [-0.4, -0.2) is 106 Å². The highest BCUT2D eigenvalue weighted by atomic mass is 16.8. The minimum Gasteiger partial charge on any atom is -0.459 e. The van der Waals surface area contributed by atoms with E-state index in [1.54, 1.807) is 6.08 Å². The largest absolute Gasteiger partial charge is 0.459 e. The minimum absolute atomic E-state index is 0.00320. The first-order chi connectivity index (χ1) is 20.2. The molecule has 1 amide bonds. The van der Waals surface area contributed by atoms with Crippen molar-refractivity contribution >= 4 is 18.0 Å². The average Bonchev–Trinajstić information content (AvgIpc) is 3.76. The fourth-order valence-electron chi connectivity index (χ4n) is 7.00. The van der Waals surface area contributed by atoms with E-state index in [2.05, 4.69) is 5.32 Å². The topological polar surface area (TPSA) is 177 Å². The third-order valence-corrected chi connectivity index (χ3v) is 9.54. The zero-order chi connectivity index (χ0) is 29.6. The Morgan fingerprint density at radius 3 is 2.57 bits per heavy atom. The molecule has 12 atom stereocenters. The molecule has 4 saturated heterocycles. The zero-order valence-corrected chi connectivity index (χ0v) is 23.4. The van der Waals surface area contributed by atoms with Crippen molar-refractivity contribution in [2.24, 2.45) is 17.8 Å². The number of benzene rings is 1. The molecular formula is C30H39NO11. The lowest BCUT2D eigenvalue weighted by Crippen LogP contribution is -2.63. The maximum absolute atomic E-state index is 13.2. The van der Waals surface area contributed by atoms with Crippen LogP contribution in [-0.2, 0) is 33.3 Å². The third kappa shape index (κ3) is 5.28. The Bertz CT molecular complexity index is 1170. The van der Waals surface area contributed by atoms with Gasteiger partial charge < -0.3 is 49.4 Å². The predicted molar refractivity (Wildman–Crippen MR) is 144 cm³/mol. The van der Waals surface area contributed by atoms with Crippen molar-refractivity contribution in [3.05, 3.63) is 42.0 Å². The lowest BCUT2D eigenvalue weighted by Gasteiger charge is -2.42. The zero-order valence-electron chi connectivity index (χ0n) is 23.4. The predicted octanol–water partition coefficient (Wildman–Crippen LogP) is -0.135. The minimum atomic E-state index is -1.58. The summed E-state index contributed by atoms with van der Waals surface area (Å²) < 4.78 is 30.3. The number of ether oxygens (including phenoxy) is 5. The number of epoxide rings is 1. The molecule has 0 aromatic heterocycles. The van der Waals surface area contributed by atoms with Crippen LogP contribution in [0.5, 0.6) is 0 Å². The molecule has 12 nitrogen and oxygen atoms in total. The smallest absolute Gasteiger partial charge is 0.331 e. The van der Waals surface area contributed by atoms with Gasteiger partial charge >= 0.3 is 5.97 Å². The molecule has 12 unspecified atom stereocenters. The van der Waals surface area contributed by atoms with Crippen LogP contribution in [0.2, 0.25) is 0 Å². The van der Waals surface area contributed by atoms with Crippen LogP contribution in [0.25, 0.3) is 6.08 Å². The van der Waals surface area contributed by atoms with Crippen molar-refractivity contribution in [1.29, 1.82) is 0 Å². The molecule has 4 heterocycles. The highest BCUT2D eigenvalue weighted by Crippen LogP contribution is 2.62. The van der Waals surface area contributed by atoms with E-state index in [9.17, 15) is 30.0 Å². The number of carbonyl (C=O) groups excluding carboxylic acids is 2. The standard InChI is InChI=1S/C30H39NO11/c1-16-14-38-30(12-21(16)40-23(33)10-7-17-5-3-2-4-6-17)29(15-39-29)19-9-8-18(11-20(19)42-30)27(37)31-28-26(36)25(35)24(34)22(13-32)41-28/h2-7,10,16,18-22,24-26,28,32,34-36H,8-9,11-15H2,1H3,(H,31,37). The van der Waals surface area contributed by atoms with Crippen LogP contribution in [0.15, 0.2) is 36.4 Å². The Morgan fingerprint density at radius 2 is 1.86 bits per heavy atom. The van der Waals surface area contributed by atoms with Gasteiger partial charge in [0.15, 0.2) is 11.8 Å². The van der Waals surface area contributed by atoms with Crippen molar-refractivity contribution < 1.29 is 53.7 Å². The number of rotatable bonds is 6. The van der Waals surface area contributed by atoms with E-state index in [0.717, 1.165) is 5.56 Å². The highest BCUT2D eigenvalue weighted by Gasteiger charge is 2.76. The molecule has 42 heavy (non-hydrogen) atoms. The van der Waals surface area contributed by atoms with Crippen LogP contribution in [0.1, 0.15) is 38.2 Å². The van der Waals surface area contributed by atoms with Crippen LogP contribution in [0.3, 0.4) is 0 Å². The van der Waals surface area contributed by atoms with Gasteiger partial charge in [0.05, 0.1) is 25.9 Å². The van der Waals surface area contributed by atoms with Gasteiger partial charge in [-0.15, -0.1) is 0 Å². The normalized spacial score (nSPS) is 44.7. The van der Waals surface area contributed by atoms with Crippen molar-refractivity contribution in [2.45, 2.75) is 86.8 Å². The van der Waals surface area contributed by atoms with E-state index in [1.807, 2.05) is 37.3 Å². The number of esters is 1. The molecule has 230 valence electrons. The molecule has 4 aliphatic heterocycles. The van der Waals surface area contributed by atoms with E-state index < -0.39 is 66.6 Å². The van der Waals surface area contributed by atoms with Crippen LogP contribution >= 0.6 is 0 Å². The number of hydrogen-bond acceptors (Lipinski definition) is 11. The first kappa shape index (κ1) is 29.6. The van der Waals surface area contributed by atoms with Crippen molar-refractivity contribution in [1.82, 2.24) is 5.32 Å². The molecule has 1 aromatic rings. The second-order valence-corrected chi connectivity index (χ2v) is 12.2. The third-order valence-electron chi connectivity index (χ3n) is 9.54. The molecule has 0 radical (unpaired) electrons. The number of fused-ring (bicyclic) bond motifs is 3. The Morgan fingerprint density at radius 1 is 1.10 bits per heavy atom. The van der Waals surface area contributed by atoms with Crippen LogP contribution in [0.4, 0.5) is 0 Å². The summed E-state index contributed by atoms with van der Waals surface area (Å²) in [5, 5.41) is 42.5. The summed E-state index contributed by atoms with van der Waals surface area (Å²) >= 11 is 0. The summed E-state index contributed by atoms with van der Waals surface area (Å²) in [4.78, 5) is 25.9. The molecular weight excluding hydrogens is 550 g/mol. The molecule has 1 aliphatic carbocycles. The summed E-state index contributed by atoms with van der Waals surface area (Å²) in [7, 11) is 0. The molecule has 0 bridgehead atoms. The SMILES string of the molecule is CC1COC2(CC1OC(=O)C=Cc1ccccc1)OC1CC(C(=O)NC3OC(CO)C(O)C(O)C3O)CCC1C21CO1. The fourth-order valence-corrected chi connectivity index (χ4v) is 7.00. The lowest BCUT2D eigenvalue weighted by atomic mass is 9.72. The molecule has 6 rings (SSSR count). The lowest BCUT2D eigenvalue weighted by molar-refractivity contribution is -0.293. The van der Waals surface area contributed by atoms with Gasteiger partial charge in [0.1, 0.15) is 30.5 Å². The number of aliphatic hydroxyl groups excluding tert-OH is 4. The number of amides is 1. The quantitative estimate of drug-likeness (QED) is 0.170. The van der Waals surface area contributed by atoms with Gasteiger partial charge in [0.25, 0.3) is 0 Å². The van der Waals surface area contributed by atoms with E-state index >= 15 is 0 Å². The second-order valence-electron chi connectivity index (χ2n) is 12.2. The molecule has 1 saturated carbocycles. The van der Waals surface area contributed by atoms with Gasteiger partial charge in [-0.2, -0.15) is 0 Å². The number of nitrogens with one attached hydrogen (secondary N) is 1. The van der Waals surface area contributed by atoms with E-state index in [1.165, 1.54) is 6.08 Å². The van der Waals surface area contributed by atoms with Gasteiger partial charge in [-0.25, -0.2) is 4.79 Å². The van der Waals surface area contributed by atoms with Gasteiger partial charge in [-0.05, 0) is 30.9 Å². The maximum atomic E-state index is 13.2. The Labute approximate surface area is 243 Å². The number of hydrogen-bond donors (Lipinski definition) is 5. The van der Waals surface area contributed by atoms with Crippen molar-refractivity contribution in [2.75, 3.05) is 19.8 Å². The molecule has 5 N–H and O–H groups in total. The van der Waals surface area contributed by atoms with Crippen LogP contribution in [0, 0.1) is 17.8 Å². The van der Waals surface area contributed by atoms with Crippen molar-refractivity contribution in [3.8, 4) is 0 Å². The van der Waals surface area contributed by atoms with Gasteiger partial charge in [0, 0.05) is 30.3 Å². The molecule has 5 aliphatic rings. The van der Waals surface area contributed by atoms with Crippen LogP contribution < -0.4 is 5.32 Å². The highest BCUT2D eigenvalue weighted by molar-refractivity contribution is 5.87. The Hall–Kier alpha value is -2.42. The van der Waals surface area contributed by atoms with E-state index in [-0.39, 0.29) is 23.8 Å². The molecule has 12 heteroatoms.